The first-order chi connectivity index (χ1) is 14.1. The van der Waals surface area contributed by atoms with E-state index >= 15 is 0 Å². The lowest BCUT2D eigenvalue weighted by molar-refractivity contribution is -0.137. The van der Waals surface area contributed by atoms with Crippen molar-refractivity contribution in [2.45, 2.75) is 32.7 Å². The number of halogens is 2. The van der Waals surface area contributed by atoms with Crippen molar-refractivity contribution in [3.63, 3.8) is 0 Å². The number of nitrogens with one attached hydrogen (secondary N) is 1. The zero-order valence-corrected chi connectivity index (χ0v) is 18.4. The third-order valence-corrected chi connectivity index (χ3v) is 5.77. The van der Waals surface area contributed by atoms with E-state index in [0.717, 1.165) is 10.5 Å². The molecular weight excluding hydrogens is 407 g/mol. The SMILES string of the molecule is CC(=O)N(C)C(C(=O)NCC(c1ccccc1)C(C)(C)CO)c1c(F)cccc1Cl. The van der Waals surface area contributed by atoms with Crippen LogP contribution >= 0.6 is 11.6 Å². The summed E-state index contributed by atoms with van der Waals surface area (Å²) in [5.74, 6) is -1.81. The number of carbonyl (C=O) groups is 2. The molecule has 2 N–H and O–H groups in total. The van der Waals surface area contributed by atoms with E-state index in [4.69, 9.17) is 11.6 Å². The van der Waals surface area contributed by atoms with Gasteiger partial charge in [-0.05, 0) is 23.1 Å². The van der Waals surface area contributed by atoms with Crippen molar-refractivity contribution in [1.29, 1.82) is 0 Å². The predicted octanol–water partition coefficient (Wildman–Crippen LogP) is 3.92. The van der Waals surface area contributed by atoms with Crippen LogP contribution in [0, 0.1) is 11.2 Å². The van der Waals surface area contributed by atoms with E-state index in [1.165, 1.54) is 32.2 Å². The van der Waals surface area contributed by atoms with Crippen LogP contribution in [-0.2, 0) is 9.59 Å². The molecule has 2 amide bonds. The van der Waals surface area contributed by atoms with Crippen molar-refractivity contribution in [3.8, 4) is 0 Å². The van der Waals surface area contributed by atoms with Crippen LogP contribution in [0.5, 0.6) is 0 Å². The summed E-state index contributed by atoms with van der Waals surface area (Å²) in [6, 6.07) is 12.5. The van der Waals surface area contributed by atoms with Crippen LogP contribution in [0.1, 0.15) is 43.9 Å². The molecule has 0 aromatic heterocycles. The number of amides is 2. The number of hydrogen-bond donors (Lipinski definition) is 2. The maximum absolute atomic E-state index is 14.6. The molecule has 0 aliphatic rings. The number of carbonyl (C=O) groups excluding carboxylic acids is 2. The normalized spacial score (nSPS) is 13.4. The Balaban J connectivity index is 2.35. The Morgan fingerprint density at radius 2 is 1.80 bits per heavy atom. The summed E-state index contributed by atoms with van der Waals surface area (Å²) in [5.41, 5.74) is 0.385. The quantitative estimate of drug-likeness (QED) is 0.661. The molecule has 0 saturated carbocycles. The molecule has 0 aliphatic heterocycles. The zero-order chi connectivity index (χ0) is 22.5. The second kappa shape index (κ2) is 10.0. The number of rotatable bonds is 8. The van der Waals surface area contributed by atoms with Crippen LogP contribution in [0.15, 0.2) is 48.5 Å². The molecule has 5 nitrogen and oxygen atoms in total. The van der Waals surface area contributed by atoms with Gasteiger partial charge in [-0.25, -0.2) is 4.39 Å². The molecule has 7 heteroatoms. The summed E-state index contributed by atoms with van der Waals surface area (Å²) < 4.78 is 14.6. The lowest BCUT2D eigenvalue weighted by Gasteiger charge is -2.34. The van der Waals surface area contributed by atoms with Gasteiger partial charge in [-0.3, -0.25) is 9.59 Å². The van der Waals surface area contributed by atoms with Crippen molar-refractivity contribution < 1.29 is 19.1 Å². The number of aliphatic hydroxyl groups excluding tert-OH is 1. The highest BCUT2D eigenvalue weighted by molar-refractivity contribution is 6.31. The molecule has 2 rings (SSSR count). The van der Waals surface area contributed by atoms with Crippen molar-refractivity contribution in [2.24, 2.45) is 5.41 Å². The van der Waals surface area contributed by atoms with Crippen LogP contribution in [-0.4, -0.2) is 42.0 Å². The molecule has 0 aliphatic carbocycles. The number of hydrogen-bond acceptors (Lipinski definition) is 3. The Bertz CT molecular complexity index is 869. The van der Waals surface area contributed by atoms with Gasteiger partial charge in [-0.2, -0.15) is 0 Å². The second-order valence-corrected chi connectivity index (χ2v) is 8.43. The highest BCUT2D eigenvalue weighted by atomic mass is 35.5. The monoisotopic (exact) mass is 434 g/mol. The summed E-state index contributed by atoms with van der Waals surface area (Å²) in [5, 5.41) is 12.8. The Hall–Kier alpha value is -2.44. The second-order valence-electron chi connectivity index (χ2n) is 8.02. The van der Waals surface area contributed by atoms with Gasteiger partial charge < -0.3 is 15.3 Å². The zero-order valence-electron chi connectivity index (χ0n) is 17.7. The minimum atomic E-state index is -1.22. The van der Waals surface area contributed by atoms with E-state index < -0.39 is 29.1 Å². The molecule has 0 fully saturated rings. The average molecular weight is 435 g/mol. The Morgan fingerprint density at radius 1 is 1.17 bits per heavy atom. The summed E-state index contributed by atoms with van der Waals surface area (Å²) in [6.45, 7) is 5.23. The van der Waals surface area contributed by atoms with Gasteiger partial charge in [0.05, 0.1) is 0 Å². The van der Waals surface area contributed by atoms with E-state index in [-0.39, 0.29) is 29.7 Å². The minimum absolute atomic E-state index is 0.0490. The average Bonchev–Trinajstić information content (AvgIpc) is 2.71. The molecule has 0 heterocycles. The van der Waals surface area contributed by atoms with E-state index in [9.17, 15) is 19.1 Å². The molecule has 2 aromatic rings. The fourth-order valence-corrected chi connectivity index (χ4v) is 3.66. The number of benzene rings is 2. The Morgan fingerprint density at radius 3 is 2.33 bits per heavy atom. The first kappa shape index (κ1) is 23.8. The maximum atomic E-state index is 14.6. The van der Waals surface area contributed by atoms with Crippen LogP contribution in [0.2, 0.25) is 5.02 Å². The summed E-state index contributed by atoms with van der Waals surface area (Å²) >= 11 is 6.18. The maximum Gasteiger partial charge on any atom is 0.247 e. The molecule has 0 radical (unpaired) electrons. The van der Waals surface area contributed by atoms with Gasteiger partial charge >= 0.3 is 0 Å². The van der Waals surface area contributed by atoms with Gasteiger partial charge in [0, 0.05) is 43.6 Å². The van der Waals surface area contributed by atoms with Gasteiger partial charge in [-0.15, -0.1) is 0 Å². The van der Waals surface area contributed by atoms with Crippen LogP contribution in [0.3, 0.4) is 0 Å². The Kier molecular flexibility index (Phi) is 7.98. The van der Waals surface area contributed by atoms with Crippen molar-refractivity contribution >= 4 is 23.4 Å². The summed E-state index contributed by atoms with van der Waals surface area (Å²) in [6.07, 6.45) is 0. The molecule has 2 aromatic carbocycles. The van der Waals surface area contributed by atoms with Crippen molar-refractivity contribution in [1.82, 2.24) is 10.2 Å². The summed E-state index contributed by atoms with van der Waals surface area (Å²) in [7, 11) is 1.43. The van der Waals surface area contributed by atoms with E-state index in [1.54, 1.807) is 0 Å². The van der Waals surface area contributed by atoms with Gasteiger partial charge in [0.2, 0.25) is 11.8 Å². The lowest BCUT2D eigenvalue weighted by atomic mass is 9.75. The topological polar surface area (TPSA) is 69.6 Å². The van der Waals surface area contributed by atoms with Crippen LogP contribution < -0.4 is 5.32 Å². The third kappa shape index (κ3) is 5.37. The van der Waals surface area contributed by atoms with Crippen LogP contribution in [0.25, 0.3) is 0 Å². The first-order valence-corrected chi connectivity index (χ1v) is 10.1. The third-order valence-electron chi connectivity index (χ3n) is 5.44. The summed E-state index contributed by atoms with van der Waals surface area (Å²) in [4.78, 5) is 26.3. The largest absolute Gasteiger partial charge is 0.396 e. The highest BCUT2D eigenvalue weighted by Gasteiger charge is 2.34. The van der Waals surface area contributed by atoms with E-state index in [0.29, 0.717) is 0 Å². The van der Waals surface area contributed by atoms with Gasteiger partial charge in [0.25, 0.3) is 0 Å². The van der Waals surface area contributed by atoms with Gasteiger partial charge in [0.1, 0.15) is 11.9 Å². The smallest absolute Gasteiger partial charge is 0.247 e. The predicted molar refractivity (Wildman–Crippen MR) is 116 cm³/mol. The standard InChI is InChI=1S/C23H28ClFN2O3/c1-15(29)27(4)21(20-18(24)11-8-12-19(20)25)22(30)26-13-17(23(2,3)14-28)16-9-6-5-7-10-16/h5-12,17,21,28H,13-14H2,1-4H3,(H,26,30). The van der Waals surface area contributed by atoms with E-state index in [2.05, 4.69) is 5.32 Å². The molecule has 0 saturated heterocycles. The van der Waals surface area contributed by atoms with E-state index in [1.807, 2.05) is 44.2 Å². The molecule has 2 atom stereocenters. The number of nitrogens with zero attached hydrogens (tertiary/aromatic N) is 1. The fraction of sp³-hybridized carbons (Fsp3) is 0.391. The minimum Gasteiger partial charge on any atom is -0.396 e. The first-order valence-electron chi connectivity index (χ1n) is 9.71. The molecular formula is C23H28ClFN2O3. The molecule has 0 spiro atoms. The Labute approximate surface area is 181 Å². The molecule has 162 valence electrons. The van der Waals surface area contributed by atoms with Gasteiger partial charge in [-0.1, -0.05) is 61.8 Å². The lowest BCUT2D eigenvalue weighted by Crippen LogP contribution is -2.44. The van der Waals surface area contributed by atoms with Crippen molar-refractivity contribution in [2.75, 3.05) is 20.2 Å². The fourth-order valence-electron chi connectivity index (χ4n) is 3.39. The number of likely N-dealkylation sites (N-methyl/N-ethyl adjacent to an activating group) is 1. The van der Waals surface area contributed by atoms with Gasteiger partial charge in [0.15, 0.2) is 0 Å². The van der Waals surface area contributed by atoms with Crippen molar-refractivity contribution in [3.05, 3.63) is 70.5 Å². The molecule has 0 bridgehead atoms. The highest BCUT2D eigenvalue weighted by Crippen LogP contribution is 2.35. The van der Waals surface area contributed by atoms with Crippen LogP contribution in [0.4, 0.5) is 4.39 Å². The molecule has 30 heavy (non-hydrogen) atoms. The molecule has 2 unspecified atom stereocenters. The number of aliphatic hydroxyl groups is 1.